The molecule has 1 aromatic carbocycles. The van der Waals surface area contributed by atoms with Crippen molar-refractivity contribution < 1.29 is 9.47 Å². The van der Waals surface area contributed by atoms with Gasteiger partial charge in [-0.3, -0.25) is 0 Å². The third-order valence-electron chi connectivity index (χ3n) is 1.80. The van der Waals surface area contributed by atoms with Crippen LogP contribution in [0.15, 0.2) is 15.7 Å². The van der Waals surface area contributed by atoms with E-state index in [0.29, 0.717) is 16.0 Å². The van der Waals surface area contributed by atoms with Gasteiger partial charge in [-0.2, -0.15) is 5.26 Å². The van der Waals surface area contributed by atoms with Crippen molar-refractivity contribution in [3.8, 4) is 17.6 Å². The molecule has 0 unspecified atom stereocenters. The van der Waals surface area contributed by atoms with Crippen LogP contribution in [0.3, 0.4) is 0 Å². The van der Waals surface area contributed by atoms with E-state index in [1.807, 2.05) is 6.07 Å². The number of nitrogens with zero attached hydrogens (tertiary/aromatic N) is 2. The molecule has 78 valence electrons. The lowest BCUT2D eigenvalue weighted by Crippen LogP contribution is -1.93. The molecular weight excluding hydrogens is 264 g/mol. The lowest BCUT2D eigenvalue weighted by atomic mass is 10.2. The van der Waals surface area contributed by atoms with Crippen LogP contribution in [0.25, 0.3) is 0 Å². The second kappa shape index (κ2) is 4.75. The first-order valence-electron chi connectivity index (χ1n) is 3.87. The average Bonchev–Trinajstić information content (AvgIpc) is 2.27. The van der Waals surface area contributed by atoms with E-state index in [1.54, 1.807) is 0 Å². The standard InChI is InChI=1S/C9H7BrN2O3/c1-14-7-3-6(12-13)5(4-11)8(10)9(7)15-2/h3H,1-2H3. The molecule has 1 rings (SSSR count). The normalized spacial score (nSPS) is 9.20. The molecule has 15 heavy (non-hydrogen) atoms. The molecule has 0 atom stereocenters. The first-order valence-corrected chi connectivity index (χ1v) is 4.66. The second-order valence-corrected chi connectivity index (χ2v) is 3.32. The molecule has 0 spiro atoms. The lowest BCUT2D eigenvalue weighted by Gasteiger charge is -2.10. The van der Waals surface area contributed by atoms with Crippen LogP contribution in [-0.4, -0.2) is 14.2 Å². The van der Waals surface area contributed by atoms with Crippen molar-refractivity contribution in [1.82, 2.24) is 0 Å². The van der Waals surface area contributed by atoms with Crippen LogP contribution >= 0.6 is 15.9 Å². The molecule has 0 bridgehead atoms. The van der Waals surface area contributed by atoms with Crippen molar-refractivity contribution >= 4 is 21.6 Å². The average molecular weight is 271 g/mol. The molecule has 0 aliphatic rings. The summed E-state index contributed by atoms with van der Waals surface area (Å²) in [5.41, 5.74) is 0.143. The summed E-state index contributed by atoms with van der Waals surface area (Å²) in [4.78, 5) is 10.5. The Labute approximate surface area is 94.7 Å². The number of nitriles is 1. The molecule has 0 saturated heterocycles. The van der Waals surface area contributed by atoms with Crippen LogP contribution in [0.2, 0.25) is 0 Å². The first-order chi connectivity index (χ1) is 7.19. The summed E-state index contributed by atoms with van der Waals surface area (Å²) in [6.07, 6.45) is 0. The summed E-state index contributed by atoms with van der Waals surface area (Å²) >= 11 is 3.16. The van der Waals surface area contributed by atoms with E-state index >= 15 is 0 Å². The highest BCUT2D eigenvalue weighted by atomic mass is 79.9. The van der Waals surface area contributed by atoms with Gasteiger partial charge >= 0.3 is 0 Å². The maximum atomic E-state index is 10.5. The van der Waals surface area contributed by atoms with E-state index in [2.05, 4.69) is 21.1 Å². The Bertz CT molecular complexity index is 440. The van der Waals surface area contributed by atoms with Gasteiger partial charge in [0.15, 0.2) is 11.5 Å². The molecule has 6 heteroatoms. The Hall–Kier alpha value is -1.61. The molecule has 0 heterocycles. The monoisotopic (exact) mass is 270 g/mol. The van der Waals surface area contributed by atoms with E-state index < -0.39 is 0 Å². The van der Waals surface area contributed by atoms with E-state index in [0.717, 1.165) is 0 Å². The van der Waals surface area contributed by atoms with Crippen molar-refractivity contribution in [3.63, 3.8) is 0 Å². The van der Waals surface area contributed by atoms with Gasteiger partial charge in [0, 0.05) is 6.07 Å². The molecule has 0 radical (unpaired) electrons. The third kappa shape index (κ3) is 1.92. The quantitative estimate of drug-likeness (QED) is 0.792. The maximum Gasteiger partial charge on any atom is 0.176 e. The number of nitroso groups, excluding NO2 is 1. The Kier molecular flexibility index (Phi) is 3.63. The van der Waals surface area contributed by atoms with Gasteiger partial charge in [0.05, 0.1) is 24.3 Å². The Morgan fingerprint density at radius 2 is 2.13 bits per heavy atom. The lowest BCUT2D eigenvalue weighted by molar-refractivity contribution is 0.353. The highest BCUT2D eigenvalue weighted by Gasteiger charge is 2.18. The Morgan fingerprint density at radius 1 is 1.47 bits per heavy atom. The molecule has 5 nitrogen and oxygen atoms in total. The van der Waals surface area contributed by atoms with Gasteiger partial charge in [0.25, 0.3) is 0 Å². The van der Waals surface area contributed by atoms with Gasteiger partial charge in [-0.25, -0.2) is 0 Å². The van der Waals surface area contributed by atoms with Gasteiger partial charge in [0.1, 0.15) is 11.8 Å². The summed E-state index contributed by atoms with van der Waals surface area (Å²) in [6, 6.07) is 3.22. The molecule has 0 saturated carbocycles. The van der Waals surface area contributed by atoms with Crippen LogP contribution in [-0.2, 0) is 0 Å². The summed E-state index contributed by atoms with van der Waals surface area (Å²) in [6.45, 7) is 0. The highest BCUT2D eigenvalue weighted by molar-refractivity contribution is 9.10. The van der Waals surface area contributed by atoms with E-state index in [4.69, 9.17) is 14.7 Å². The van der Waals surface area contributed by atoms with Crippen LogP contribution in [0.1, 0.15) is 5.56 Å². The minimum absolute atomic E-state index is 0.0158. The van der Waals surface area contributed by atoms with Crippen LogP contribution in [0.4, 0.5) is 5.69 Å². The fourth-order valence-corrected chi connectivity index (χ4v) is 1.77. The fourth-order valence-electron chi connectivity index (χ4n) is 1.12. The molecule has 0 N–H and O–H groups in total. The zero-order chi connectivity index (χ0) is 11.4. The largest absolute Gasteiger partial charge is 0.493 e. The van der Waals surface area contributed by atoms with Crippen LogP contribution < -0.4 is 9.47 Å². The van der Waals surface area contributed by atoms with Gasteiger partial charge in [-0.15, -0.1) is 4.91 Å². The second-order valence-electron chi connectivity index (χ2n) is 2.52. The Balaban J connectivity index is 3.57. The van der Waals surface area contributed by atoms with E-state index in [1.165, 1.54) is 20.3 Å². The molecule has 0 fully saturated rings. The van der Waals surface area contributed by atoms with Crippen molar-refractivity contribution in [2.45, 2.75) is 0 Å². The number of hydrogen-bond acceptors (Lipinski definition) is 5. The minimum atomic E-state index is 0.0158. The number of benzene rings is 1. The predicted octanol–water partition coefficient (Wildman–Crippen LogP) is 2.74. The van der Waals surface area contributed by atoms with Crippen LogP contribution in [0, 0.1) is 16.2 Å². The molecule has 1 aromatic rings. The number of rotatable bonds is 3. The highest BCUT2D eigenvalue weighted by Crippen LogP contribution is 2.42. The summed E-state index contributed by atoms with van der Waals surface area (Å²) in [5.74, 6) is 0.708. The molecule has 0 aromatic heterocycles. The van der Waals surface area contributed by atoms with Crippen molar-refractivity contribution in [1.29, 1.82) is 5.26 Å². The molecule has 0 amide bonds. The van der Waals surface area contributed by atoms with Crippen molar-refractivity contribution in [2.75, 3.05) is 14.2 Å². The topological polar surface area (TPSA) is 71.7 Å². The van der Waals surface area contributed by atoms with Crippen LogP contribution in [0.5, 0.6) is 11.5 Å². The zero-order valence-corrected chi connectivity index (χ0v) is 9.66. The summed E-state index contributed by atoms with van der Waals surface area (Å²) < 4.78 is 10.4. The zero-order valence-electron chi connectivity index (χ0n) is 8.07. The smallest absolute Gasteiger partial charge is 0.176 e. The summed E-state index contributed by atoms with van der Waals surface area (Å²) in [7, 11) is 2.88. The SMILES string of the molecule is COc1cc(N=O)c(C#N)c(Br)c1OC. The molecule has 0 aliphatic carbocycles. The first kappa shape index (κ1) is 11.5. The Morgan fingerprint density at radius 3 is 2.53 bits per heavy atom. The van der Waals surface area contributed by atoms with Gasteiger partial charge < -0.3 is 9.47 Å². The van der Waals surface area contributed by atoms with E-state index in [9.17, 15) is 4.91 Å². The van der Waals surface area contributed by atoms with Crippen molar-refractivity contribution in [2.24, 2.45) is 5.18 Å². The number of halogens is 1. The maximum absolute atomic E-state index is 10.5. The van der Waals surface area contributed by atoms with Gasteiger partial charge in [-0.1, -0.05) is 0 Å². The minimum Gasteiger partial charge on any atom is -0.493 e. The molecule has 0 aliphatic heterocycles. The van der Waals surface area contributed by atoms with E-state index in [-0.39, 0.29) is 11.3 Å². The fraction of sp³-hybridized carbons (Fsp3) is 0.222. The number of methoxy groups -OCH3 is 2. The molecular formula is C9H7BrN2O3. The van der Waals surface area contributed by atoms with Crippen molar-refractivity contribution in [3.05, 3.63) is 21.0 Å². The van der Waals surface area contributed by atoms with Gasteiger partial charge in [-0.05, 0) is 21.1 Å². The number of hydrogen-bond donors (Lipinski definition) is 0. The predicted molar refractivity (Wildman–Crippen MR) is 57.4 cm³/mol. The number of ether oxygens (including phenoxy) is 2. The summed E-state index contributed by atoms with van der Waals surface area (Å²) in [5, 5.41) is 11.6. The third-order valence-corrected chi connectivity index (χ3v) is 2.56. The van der Waals surface area contributed by atoms with Gasteiger partial charge in [0.2, 0.25) is 0 Å².